The summed E-state index contributed by atoms with van der Waals surface area (Å²) in [5, 5.41) is 12.2. The van der Waals surface area contributed by atoms with Gasteiger partial charge in [0.1, 0.15) is 6.61 Å². The summed E-state index contributed by atoms with van der Waals surface area (Å²) < 4.78 is 15.9. The van der Waals surface area contributed by atoms with Crippen LogP contribution in [0.4, 0.5) is 5.69 Å². The summed E-state index contributed by atoms with van der Waals surface area (Å²) in [5.74, 6) is 1.30. The van der Waals surface area contributed by atoms with Crippen LogP contribution in [0.1, 0.15) is 6.92 Å². The van der Waals surface area contributed by atoms with Gasteiger partial charge in [-0.15, -0.1) is 0 Å². The van der Waals surface area contributed by atoms with Crippen LogP contribution in [-0.2, 0) is 4.74 Å². The van der Waals surface area contributed by atoms with Crippen LogP contribution < -0.4 is 14.8 Å². The van der Waals surface area contributed by atoms with Crippen LogP contribution in [0.15, 0.2) is 18.2 Å². The van der Waals surface area contributed by atoms with Crippen molar-refractivity contribution in [2.75, 3.05) is 45.4 Å². The summed E-state index contributed by atoms with van der Waals surface area (Å²) in [7, 11) is 1.60. The van der Waals surface area contributed by atoms with Crippen LogP contribution in [0.25, 0.3) is 0 Å². The number of nitrogens with one attached hydrogen (secondary N) is 1. The molecule has 0 radical (unpaired) electrons. The van der Waals surface area contributed by atoms with Gasteiger partial charge in [-0.1, -0.05) is 6.92 Å². The number of methoxy groups -OCH3 is 1. The molecule has 106 valence electrons. The lowest BCUT2D eigenvalue weighted by Gasteiger charge is -2.38. The Balaban J connectivity index is 1.99. The summed E-state index contributed by atoms with van der Waals surface area (Å²) in [5.41, 5.74) is 1.19. The molecular formula is C14H21NO4. The molecule has 0 saturated carbocycles. The van der Waals surface area contributed by atoms with E-state index < -0.39 is 0 Å². The predicted molar refractivity (Wildman–Crippen MR) is 73.0 cm³/mol. The van der Waals surface area contributed by atoms with Crippen molar-refractivity contribution in [3.8, 4) is 11.5 Å². The summed E-state index contributed by atoms with van der Waals surface area (Å²) in [6, 6.07) is 5.69. The molecule has 2 rings (SSSR count). The Kier molecular flexibility index (Phi) is 4.50. The van der Waals surface area contributed by atoms with Crippen molar-refractivity contribution in [1.29, 1.82) is 0 Å². The second-order valence-electron chi connectivity index (χ2n) is 5.09. The van der Waals surface area contributed by atoms with E-state index in [9.17, 15) is 0 Å². The van der Waals surface area contributed by atoms with Gasteiger partial charge in [-0.3, -0.25) is 0 Å². The first kappa shape index (κ1) is 14.0. The van der Waals surface area contributed by atoms with Gasteiger partial charge < -0.3 is 24.6 Å². The molecule has 0 bridgehead atoms. The number of hydrogen-bond donors (Lipinski definition) is 2. The van der Waals surface area contributed by atoms with Gasteiger partial charge in [-0.25, -0.2) is 0 Å². The monoisotopic (exact) mass is 267 g/mol. The molecule has 1 heterocycles. The first-order chi connectivity index (χ1) is 9.17. The minimum Gasteiger partial charge on any atom is -0.493 e. The fourth-order valence-corrected chi connectivity index (χ4v) is 1.92. The molecule has 0 amide bonds. The number of aliphatic hydroxyl groups excluding tert-OH is 1. The van der Waals surface area contributed by atoms with Crippen molar-refractivity contribution in [1.82, 2.24) is 0 Å². The first-order valence-corrected chi connectivity index (χ1v) is 6.40. The van der Waals surface area contributed by atoms with Crippen LogP contribution in [0.2, 0.25) is 0 Å². The highest BCUT2D eigenvalue weighted by Crippen LogP contribution is 2.32. The van der Waals surface area contributed by atoms with Gasteiger partial charge in [0.2, 0.25) is 0 Å². The molecule has 1 aliphatic heterocycles. The number of aliphatic hydroxyl groups is 1. The Morgan fingerprint density at radius 2 is 2.16 bits per heavy atom. The Morgan fingerprint density at radius 3 is 2.74 bits per heavy atom. The van der Waals surface area contributed by atoms with Crippen LogP contribution in [0.5, 0.6) is 11.5 Å². The zero-order valence-electron chi connectivity index (χ0n) is 11.4. The van der Waals surface area contributed by atoms with Gasteiger partial charge >= 0.3 is 0 Å². The molecule has 1 aliphatic rings. The molecule has 5 nitrogen and oxygen atoms in total. The number of anilines is 1. The van der Waals surface area contributed by atoms with Gasteiger partial charge in [0.25, 0.3) is 0 Å². The molecule has 1 aromatic rings. The summed E-state index contributed by atoms with van der Waals surface area (Å²) >= 11 is 0. The normalized spacial score (nSPS) is 16.6. The van der Waals surface area contributed by atoms with Crippen molar-refractivity contribution >= 4 is 5.69 Å². The molecule has 0 unspecified atom stereocenters. The SMILES string of the molecule is COc1ccc(NCC2(C)COC2)cc1OCCO. The van der Waals surface area contributed by atoms with Crippen molar-refractivity contribution in [3.63, 3.8) is 0 Å². The van der Waals surface area contributed by atoms with E-state index in [2.05, 4.69) is 12.2 Å². The van der Waals surface area contributed by atoms with Crippen molar-refractivity contribution in [2.24, 2.45) is 5.41 Å². The first-order valence-electron chi connectivity index (χ1n) is 6.40. The predicted octanol–water partition coefficient (Wildman–Crippen LogP) is 1.51. The zero-order valence-corrected chi connectivity index (χ0v) is 11.4. The summed E-state index contributed by atoms with van der Waals surface area (Å²) in [4.78, 5) is 0. The fraction of sp³-hybridized carbons (Fsp3) is 0.571. The van der Waals surface area contributed by atoms with Crippen LogP contribution in [0.3, 0.4) is 0 Å². The Morgan fingerprint density at radius 1 is 1.37 bits per heavy atom. The number of benzene rings is 1. The molecule has 1 aromatic carbocycles. The lowest BCUT2D eigenvalue weighted by Crippen LogP contribution is -2.45. The van der Waals surface area contributed by atoms with Crippen molar-refractivity contribution in [2.45, 2.75) is 6.92 Å². The van der Waals surface area contributed by atoms with Crippen LogP contribution in [0, 0.1) is 5.41 Å². The fourth-order valence-electron chi connectivity index (χ4n) is 1.92. The molecule has 2 N–H and O–H groups in total. The van der Waals surface area contributed by atoms with Gasteiger partial charge in [-0.2, -0.15) is 0 Å². The second-order valence-corrected chi connectivity index (χ2v) is 5.09. The maximum atomic E-state index is 8.81. The maximum absolute atomic E-state index is 8.81. The molecule has 0 aliphatic carbocycles. The summed E-state index contributed by atoms with van der Waals surface area (Å²) in [6.07, 6.45) is 0. The maximum Gasteiger partial charge on any atom is 0.163 e. The molecule has 19 heavy (non-hydrogen) atoms. The number of hydrogen-bond acceptors (Lipinski definition) is 5. The number of ether oxygens (including phenoxy) is 3. The highest BCUT2D eigenvalue weighted by molar-refractivity contribution is 5.54. The third-order valence-electron chi connectivity index (χ3n) is 3.13. The van der Waals surface area contributed by atoms with Gasteiger partial charge in [0.05, 0.1) is 26.9 Å². The zero-order chi connectivity index (χ0) is 13.7. The van der Waals surface area contributed by atoms with Crippen molar-refractivity contribution in [3.05, 3.63) is 18.2 Å². The minimum atomic E-state index is -0.0176. The van der Waals surface area contributed by atoms with Gasteiger partial charge in [0, 0.05) is 23.7 Å². The van der Waals surface area contributed by atoms with E-state index in [1.54, 1.807) is 7.11 Å². The van der Waals surface area contributed by atoms with Crippen molar-refractivity contribution < 1.29 is 19.3 Å². The Hall–Kier alpha value is -1.46. The van der Waals surface area contributed by atoms with E-state index in [4.69, 9.17) is 19.3 Å². The Labute approximate surface area is 113 Å². The minimum absolute atomic E-state index is 0.0176. The van der Waals surface area contributed by atoms with E-state index >= 15 is 0 Å². The van der Waals surface area contributed by atoms with E-state index in [-0.39, 0.29) is 18.6 Å². The quantitative estimate of drug-likeness (QED) is 0.784. The lowest BCUT2D eigenvalue weighted by molar-refractivity contribution is -0.0924. The molecule has 0 spiro atoms. The average Bonchev–Trinajstić information content (AvgIpc) is 2.40. The average molecular weight is 267 g/mol. The van der Waals surface area contributed by atoms with Crippen LogP contribution >= 0.6 is 0 Å². The smallest absolute Gasteiger partial charge is 0.163 e. The van der Waals surface area contributed by atoms with E-state index in [0.29, 0.717) is 11.5 Å². The van der Waals surface area contributed by atoms with Gasteiger partial charge in [0.15, 0.2) is 11.5 Å². The molecule has 1 fully saturated rings. The Bertz CT molecular complexity index is 418. The third kappa shape index (κ3) is 3.52. The van der Waals surface area contributed by atoms with Gasteiger partial charge in [-0.05, 0) is 12.1 Å². The van der Waals surface area contributed by atoms with E-state index in [0.717, 1.165) is 25.4 Å². The topological polar surface area (TPSA) is 60.0 Å². The lowest BCUT2D eigenvalue weighted by atomic mass is 9.89. The highest BCUT2D eigenvalue weighted by atomic mass is 16.5. The highest BCUT2D eigenvalue weighted by Gasteiger charge is 2.32. The molecule has 0 aromatic heterocycles. The molecule has 0 atom stereocenters. The van der Waals surface area contributed by atoms with E-state index in [1.165, 1.54) is 0 Å². The largest absolute Gasteiger partial charge is 0.493 e. The number of rotatable bonds is 7. The molecular weight excluding hydrogens is 246 g/mol. The third-order valence-corrected chi connectivity index (χ3v) is 3.13. The molecule has 1 saturated heterocycles. The second kappa shape index (κ2) is 6.12. The molecule has 5 heteroatoms. The van der Waals surface area contributed by atoms with Crippen LogP contribution in [-0.4, -0.2) is 45.2 Å². The standard InChI is InChI=1S/C14H21NO4/c1-14(9-18-10-14)8-15-11-3-4-12(17-2)13(7-11)19-6-5-16/h3-4,7,15-16H,5-6,8-10H2,1-2H3. The summed E-state index contributed by atoms with van der Waals surface area (Å²) in [6.45, 7) is 4.88. The van der Waals surface area contributed by atoms with E-state index in [1.807, 2.05) is 18.2 Å².